The van der Waals surface area contributed by atoms with E-state index in [4.69, 9.17) is 28.4 Å². The molecule has 3 fully saturated rings. The second kappa shape index (κ2) is 22.7. The maximum atomic E-state index is 14.3. The summed E-state index contributed by atoms with van der Waals surface area (Å²) in [4.78, 5) is 120. The molecule has 0 unspecified atom stereocenters. The van der Waals surface area contributed by atoms with Gasteiger partial charge in [0.2, 0.25) is 29.4 Å². The Hall–Kier alpha value is -6.91. The van der Waals surface area contributed by atoms with E-state index in [0.717, 1.165) is 17.1 Å². The van der Waals surface area contributed by atoms with E-state index >= 15 is 0 Å². The van der Waals surface area contributed by atoms with Crippen LogP contribution in [0.5, 0.6) is 17.2 Å². The number of hydrogen-bond donors (Lipinski definition) is 9. The number of morpholine rings is 1. The number of phenols is 2. The van der Waals surface area contributed by atoms with Crippen molar-refractivity contribution in [3.8, 4) is 17.2 Å². The van der Waals surface area contributed by atoms with Gasteiger partial charge in [-0.2, -0.15) is 0 Å². The number of imide groups is 1. The van der Waals surface area contributed by atoms with E-state index in [1.165, 1.54) is 32.4 Å². The molecule has 4 aliphatic heterocycles. The lowest BCUT2D eigenvalue weighted by Crippen LogP contribution is -2.57. The van der Waals surface area contributed by atoms with Crippen molar-refractivity contribution in [2.45, 2.75) is 107 Å². The Kier molecular flexibility index (Phi) is 16.6. The lowest BCUT2D eigenvalue weighted by Gasteiger charge is -2.43. The Morgan fingerprint density at radius 3 is 2.26 bits per heavy atom. The van der Waals surface area contributed by atoms with Crippen LogP contribution in [-0.4, -0.2) is 198 Å². The molecule has 26 heteroatoms. The maximum Gasteiger partial charge on any atom is 0.254 e. The highest BCUT2D eigenvalue weighted by molar-refractivity contribution is 6.31. The van der Waals surface area contributed by atoms with Crippen LogP contribution in [0.2, 0.25) is 0 Å². The summed E-state index contributed by atoms with van der Waals surface area (Å²) < 4.78 is 35.9. The lowest BCUT2D eigenvalue weighted by molar-refractivity contribution is -0.256. The van der Waals surface area contributed by atoms with Crippen molar-refractivity contribution >= 4 is 52.9 Å². The molecule has 0 aromatic heterocycles. The molecular weight excluding hydrogens is 1000 g/mol. The highest BCUT2D eigenvalue weighted by Gasteiger charge is 2.55. The Bertz CT molecular complexity index is 2720. The SMILES string of the molecule is COc1cccc2c1C(=O)c1c(O)c3c(c(O)c1C2=O)C[C@@](O)(C(=O)NCCNC(=O)[C@H](CO)NC(=O)[C@@H](NC(=O)CCNC(=O)CN1C(=O)C=CC1=O)C(C)C)C[C@@H]3O[C@@H]1C[C@H]2[C@H](O[C@@H]3[C@@H](OC)OCCN32)[C@H](C)O1. The Morgan fingerprint density at radius 1 is 0.868 bits per heavy atom. The van der Waals surface area contributed by atoms with E-state index in [1.54, 1.807) is 20.8 Å². The number of hydrogen-bond acceptors (Lipinski definition) is 20. The van der Waals surface area contributed by atoms with E-state index < -0.39 is 162 Å². The first-order valence-corrected chi connectivity index (χ1v) is 24.7. The number of aliphatic hydroxyl groups excluding tert-OH is 1. The minimum atomic E-state index is -2.43. The van der Waals surface area contributed by atoms with E-state index in [9.17, 15) is 63.6 Å². The number of nitrogens with zero attached hydrogens (tertiary/aromatic N) is 2. The molecule has 410 valence electrons. The molecule has 4 heterocycles. The molecule has 9 N–H and O–H groups in total. The van der Waals surface area contributed by atoms with Crippen LogP contribution in [0.3, 0.4) is 0 Å². The molecule has 3 saturated heterocycles. The molecule has 6 aliphatic rings. The molecular formula is C50H61N7O19. The largest absolute Gasteiger partial charge is 0.507 e. The average Bonchev–Trinajstić information content (AvgIpc) is 3.96. The summed E-state index contributed by atoms with van der Waals surface area (Å²) in [7, 11) is 2.81. The fraction of sp³-hybridized carbons (Fsp3) is 0.540. The van der Waals surface area contributed by atoms with Crippen LogP contribution in [0.25, 0.3) is 0 Å². The zero-order valence-corrected chi connectivity index (χ0v) is 42.2. The van der Waals surface area contributed by atoms with Crippen LogP contribution in [0.1, 0.15) is 89.1 Å². The summed E-state index contributed by atoms with van der Waals surface area (Å²) >= 11 is 0. The first kappa shape index (κ1) is 55.3. The number of aliphatic hydroxyl groups is 2. The number of benzene rings is 2. The van der Waals surface area contributed by atoms with Gasteiger partial charge in [0.1, 0.15) is 47.6 Å². The highest BCUT2D eigenvalue weighted by Crippen LogP contribution is 2.53. The smallest absolute Gasteiger partial charge is 0.254 e. The lowest BCUT2D eigenvalue weighted by atomic mass is 9.72. The molecule has 2 aromatic rings. The van der Waals surface area contributed by atoms with E-state index in [2.05, 4.69) is 31.5 Å². The van der Waals surface area contributed by atoms with Crippen LogP contribution < -0.4 is 31.3 Å². The minimum Gasteiger partial charge on any atom is -0.507 e. The monoisotopic (exact) mass is 1060 g/mol. The molecule has 0 radical (unpaired) electrons. The first-order valence-electron chi connectivity index (χ1n) is 24.7. The van der Waals surface area contributed by atoms with Crippen LogP contribution >= 0.6 is 0 Å². The van der Waals surface area contributed by atoms with Crippen molar-refractivity contribution in [3.63, 3.8) is 0 Å². The summed E-state index contributed by atoms with van der Waals surface area (Å²) in [5, 5.41) is 58.9. The second-order valence-electron chi connectivity index (χ2n) is 19.5. The molecule has 10 atom stereocenters. The average molecular weight is 1060 g/mol. The third kappa shape index (κ3) is 10.8. The van der Waals surface area contributed by atoms with Crippen molar-refractivity contribution in [3.05, 3.63) is 63.7 Å². The molecule has 8 rings (SSSR count). The minimum absolute atomic E-state index is 0.0492. The van der Waals surface area contributed by atoms with Crippen LogP contribution in [0.4, 0.5) is 0 Å². The molecule has 2 aromatic carbocycles. The standard InChI is InChI=1S/C50H61N7O19/c1-22(2)39(55-30(59)11-12-51-31(60)20-57-32(61)9-10-33(57)62)46(68)54-26(21-58)45(67)52-13-14-53-49(69)50(70)18-25-36(43(66)38-37(41(25)64)40(63)24-7-6-8-28(71-4)35(24)42(38)65)29(19-50)75-34-17-27-44(23(3)74-34)76-47-48(72-5)73-16-15-56(27)47/h6-10,22-23,26-27,29,34,39,44,47-48,58,64,66,70H,11-21H2,1-5H3,(H,51,60)(H,52,67)(H,53,69)(H,54,68)(H,55,59)/t23-,26-,27-,29-,34+,39-,44+,47+,48-,50-/m0/s1. The molecule has 0 saturated carbocycles. The number of phenolic OH excluding ortho intramolecular Hbond substituents is 2. The number of fused-ring (bicyclic) bond motifs is 6. The summed E-state index contributed by atoms with van der Waals surface area (Å²) in [5.74, 6) is -8.99. The normalized spacial score (nSPS) is 26.4. The topological polar surface area (TPSA) is 357 Å². The fourth-order valence-corrected chi connectivity index (χ4v) is 10.5. The van der Waals surface area contributed by atoms with Crippen molar-refractivity contribution < 1.29 is 92.0 Å². The van der Waals surface area contributed by atoms with Gasteiger partial charge in [-0.05, 0) is 18.9 Å². The van der Waals surface area contributed by atoms with Crippen molar-refractivity contribution in [1.82, 2.24) is 36.4 Å². The number of carbonyl (C=O) groups is 9. The van der Waals surface area contributed by atoms with Gasteiger partial charge in [-0.1, -0.05) is 26.0 Å². The fourth-order valence-electron chi connectivity index (χ4n) is 10.5. The molecule has 0 spiro atoms. The van der Waals surface area contributed by atoms with E-state index in [0.29, 0.717) is 13.2 Å². The van der Waals surface area contributed by atoms with Crippen LogP contribution in [0, 0.1) is 5.92 Å². The third-order valence-corrected chi connectivity index (χ3v) is 14.3. The van der Waals surface area contributed by atoms with Crippen molar-refractivity contribution in [2.75, 3.05) is 60.2 Å². The summed E-state index contributed by atoms with van der Waals surface area (Å²) in [5.41, 5.74) is -4.15. The number of methoxy groups -OCH3 is 2. The zero-order valence-electron chi connectivity index (χ0n) is 42.2. The van der Waals surface area contributed by atoms with Gasteiger partial charge in [-0.25, -0.2) is 0 Å². The number of ketones is 2. The van der Waals surface area contributed by atoms with Crippen molar-refractivity contribution in [1.29, 1.82) is 0 Å². The number of carbonyl (C=O) groups excluding carboxylic acids is 9. The Morgan fingerprint density at radius 2 is 1.58 bits per heavy atom. The van der Waals surface area contributed by atoms with Crippen LogP contribution in [0.15, 0.2) is 30.4 Å². The summed E-state index contributed by atoms with van der Waals surface area (Å²) in [6, 6.07) is 1.30. The van der Waals surface area contributed by atoms with Gasteiger partial charge in [-0.3, -0.25) is 53.0 Å². The van der Waals surface area contributed by atoms with Gasteiger partial charge in [-0.15, -0.1) is 0 Å². The maximum absolute atomic E-state index is 14.3. The first-order chi connectivity index (χ1) is 36.2. The van der Waals surface area contributed by atoms with Gasteiger partial charge >= 0.3 is 0 Å². The molecule has 76 heavy (non-hydrogen) atoms. The third-order valence-electron chi connectivity index (χ3n) is 14.3. The number of amides is 7. The Balaban J connectivity index is 0.929. The highest BCUT2D eigenvalue weighted by atomic mass is 16.7. The summed E-state index contributed by atoms with van der Waals surface area (Å²) in [6.07, 6.45) is -4.08. The number of aromatic hydroxyl groups is 2. The molecule has 2 aliphatic carbocycles. The van der Waals surface area contributed by atoms with E-state index in [-0.39, 0.29) is 66.5 Å². The predicted octanol–water partition coefficient (Wildman–Crippen LogP) is -2.57. The molecule has 26 nitrogen and oxygen atoms in total. The second-order valence-corrected chi connectivity index (χ2v) is 19.5. The number of nitrogens with one attached hydrogen (secondary N) is 5. The predicted molar refractivity (Wildman–Crippen MR) is 257 cm³/mol. The number of ether oxygens (including phenoxy) is 6. The van der Waals surface area contributed by atoms with Crippen LogP contribution in [-0.2, 0) is 63.7 Å². The Labute approximate surface area is 434 Å². The van der Waals surface area contributed by atoms with Gasteiger partial charge in [0.05, 0.1) is 49.2 Å². The van der Waals surface area contributed by atoms with Crippen molar-refractivity contribution in [2.24, 2.45) is 5.92 Å². The van der Waals surface area contributed by atoms with Gasteiger partial charge in [0.15, 0.2) is 24.6 Å². The van der Waals surface area contributed by atoms with Gasteiger partial charge in [0, 0.05) is 93.9 Å². The quantitative estimate of drug-likeness (QED) is 0.0338. The molecule has 7 amide bonds. The molecule has 0 bridgehead atoms. The summed E-state index contributed by atoms with van der Waals surface area (Å²) in [6.45, 7) is 3.61. The van der Waals surface area contributed by atoms with E-state index in [1.807, 2.05) is 0 Å². The van der Waals surface area contributed by atoms with Gasteiger partial charge in [0.25, 0.3) is 17.7 Å². The number of rotatable bonds is 19. The van der Waals surface area contributed by atoms with Gasteiger partial charge < -0.3 is 75.4 Å². The zero-order chi connectivity index (χ0) is 54.9.